The predicted molar refractivity (Wildman–Crippen MR) is 114 cm³/mol. The van der Waals surface area contributed by atoms with Gasteiger partial charge in [0.2, 0.25) is 0 Å². The molecule has 1 saturated heterocycles. The summed E-state index contributed by atoms with van der Waals surface area (Å²) in [6.07, 6.45) is 5.28. The maximum atomic E-state index is 4.47. The third-order valence-electron chi connectivity index (χ3n) is 5.16. The molecule has 2 heterocycles. The molecule has 1 aromatic heterocycles. The van der Waals surface area contributed by atoms with E-state index in [1.807, 2.05) is 13.2 Å². The predicted octanol–water partition coefficient (Wildman–Crippen LogP) is 3.42. The van der Waals surface area contributed by atoms with Crippen molar-refractivity contribution in [2.24, 2.45) is 4.99 Å². The lowest BCUT2D eigenvalue weighted by Gasteiger charge is -2.38. The minimum atomic E-state index is 0.459. The molecule has 0 bridgehead atoms. The van der Waals surface area contributed by atoms with E-state index in [9.17, 15) is 0 Å². The van der Waals surface area contributed by atoms with Crippen LogP contribution in [0.2, 0.25) is 0 Å². The highest BCUT2D eigenvalue weighted by Crippen LogP contribution is 2.20. The van der Waals surface area contributed by atoms with Gasteiger partial charge >= 0.3 is 0 Å². The Labute approximate surface area is 166 Å². The molecule has 0 aliphatic carbocycles. The molecule has 2 atom stereocenters. The molecule has 146 valence electrons. The Balaban J connectivity index is 1.46. The lowest BCUT2D eigenvalue weighted by Crippen LogP contribution is -2.51. The third-order valence-corrected chi connectivity index (χ3v) is 6.31. The van der Waals surface area contributed by atoms with E-state index in [2.05, 4.69) is 69.7 Å². The van der Waals surface area contributed by atoms with Gasteiger partial charge in [0.25, 0.3) is 0 Å². The molecular formula is C21H31N5S. The Morgan fingerprint density at radius 1 is 1.33 bits per heavy atom. The fourth-order valence-electron chi connectivity index (χ4n) is 3.55. The summed E-state index contributed by atoms with van der Waals surface area (Å²) in [4.78, 5) is 12.8. The maximum absolute atomic E-state index is 4.47. The number of nitrogens with one attached hydrogen (secondary N) is 2. The van der Waals surface area contributed by atoms with Crippen LogP contribution < -0.4 is 10.6 Å². The lowest BCUT2D eigenvalue weighted by atomic mass is 9.97. The minimum absolute atomic E-state index is 0.459. The number of aromatic nitrogens is 1. The molecule has 5 nitrogen and oxygen atoms in total. The molecule has 2 N–H and O–H groups in total. The van der Waals surface area contributed by atoms with E-state index in [0.717, 1.165) is 49.9 Å². The number of guanidine groups is 1. The van der Waals surface area contributed by atoms with Crippen LogP contribution in [0.15, 0.2) is 41.5 Å². The monoisotopic (exact) mass is 385 g/mol. The number of benzene rings is 1. The van der Waals surface area contributed by atoms with Crippen molar-refractivity contribution in [2.45, 2.75) is 58.3 Å². The zero-order chi connectivity index (χ0) is 19.1. The van der Waals surface area contributed by atoms with Crippen molar-refractivity contribution in [1.29, 1.82) is 0 Å². The Morgan fingerprint density at radius 2 is 2.15 bits per heavy atom. The van der Waals surface area contributed by atoms with Crippen molar-refractivity contribution in [3.8, 4) is 0 Å². The van der Waals surface area contributed by atoms with Crippen molar-refractivity contribution in [3.63, 3.8) is 0 Å². The highest BCUT2D eigenvalue weighted by Gasteiger charge is 2.25. The average Bonchev–Trinajstić information content (AvgIpc) is 3.16. The van der Waals surface area contributed by atoms with Gasteiger partial charge in [0, 0.05) is 43.3 Å². The molecule has 0 saturated carbocycles. The minimum Gasteiger partial charge on any atom is -0.354 e. The molecule has 1 aliphatic rings. The van der Waals surface area contributed by atoms with Crippen molar-refractivity contribution < 1.29 is 0 Å². The van der Waals surface area contributed by atoms with E-state index >= 15 is 0 Å². The highest BCUT2D eigenvalue weighted by molar-refractivity contribution is 7.11. The summed E-state index contributed by atoms with van der Waals surface area (Å²) in [7, 11) is 1.84. The van der Waals surface area contributed by atoms with Crippen LogP contribution >= 0.6 is 11.3 Å². The van der Waals surface area contributed by atoms with Crippen LogP contribution in [-0.2, 0) is 19.5 Å². The molecule has 1 fully saturated rings. The Hall–Kier alpha value is -1.92. The zero-order valence-corrected chi connectivity index (χ0v) is 17.4. The zero-order valence-electron chi connectivity index (χ0n) is 16.6. The standard InChI is InChI=1S/C21H31N5S/c1-4-19-13-23-20(27-19)14-24-21(22-3)25-18-10-11-26(16(2)12-18)15-17-8-6-5-7-9-17/h5-9,13,16,18H,4,10-12,14-15H2,1-3H3,(H2,22,24,25). The number of nitrogens with zero attached hydrogens (tertiary/aromatic N) is 3. The van der Waals surface area contributed by atoms with Gasteiger partial charge in [-0.15, -0.1) is 11.3 Å². The van der Waals surface area contributed by atoms with Crippen molar-refractivity contribution in [3.05, 3.63) is 52.0 Å². The molecule has 3 rings (SSSR count). The molecule has 2 aromatic rings. The number of aliphatic imine (C=N–C) groups is 1. The van der Waals surface area contributed by atoms with Gasteiger partial charge in [-0.3, -0.25) is 9.89 Å². The molecule has 0 amide bonds. The summed E-state index contributed by atoms with van der Waals surface area (Å²) in [5.74, 6) is 0.872. The Morgan fingerprint density at radius 3 is 2.81 bits per heavy atom. The first-order valence-electron chi connectivity index (χ1n) is 9.86. The van der Waals surface area contributed by atoms with Gasteiger partial charge in [0.15, 0.2) is 5.96 Å². The SMILES string of the molecule is CCc1cnc(CNC(=NC)NC2CCN(Cc3ccccc3)C(C)C2)s1. The molecule has 27 heavy (non-hydrogen) atoms. The number of thiazole rings is 1. The first-order valence-corrected chi connectivity index (χ1v) is 10.7. The molecule has 0 spiro atoms. The van der Waals surface area contributed by atoms with Gasteiger partial charge in [0.1, 0.15) is 5.01 Å². The van der Waals surface area contributed by atoms with Gasteiger partial charge in [-0.1, -0.05) is 37.3 Å². The second-order valence-electron chi connectivity index (χ2n) is 7.17. The summed E-state index contributed by atoms with van der Waals surface area (Å²) >= 11 is 1.77. The van der Waals surface area contributed by atoms with Gasteiger partial charge in [-0.2, -0.15) is 0 Å². The van der Waals surface area contributed by atoms with Crippen LogP contribution in [-0.4, -0.2) is 41.5 Å². The topological polar surface area (TPSA) is 52.6 Å². The second kappa shape index (κ2) is 9.85. The normalized spacial score (nSPS) is 21.2. The maximum Gasteiger partial charge on any atom is 0.191 e. The number of likely N-dealkylation sites (tertiary alicyclic amines) is 1. The van der Waals surface area contributed by atoms with Gasteiger partial charge in [-0.25, -0.2) is 4.98 Å². The van der Waals surface area contributed by atoms with Gasteiger partial charge in [0.05, 0.1) is 6.54 Å². The number of hydrogen-bond donors (Lipinski definition) is 2. The van der Waals surface area contributed by atoms with Crippen LogP contribution in [0.3, 0.4) is 0 Å². The summed E-state index contributed by atoms with van der Waals surface area (Å²) in [5.41, 5.74) is 1.39. The van der Waals surface area contributed by atoms with Crippen LogP contribution in [0.25, 0.3) is 0 Å². The Kier molecular flexibility index (Phi) is 7.24. The summed E-state index contributed by atoms with van der Waals surface area (Å²) in [6, 6.07) is 11.8. The highest BCUT2D eigenvalue weighted by atomic mass is 32.1. The largest absolute Gasteiger partial charge is 0.354 e. The van der Waals surface area contributed by atoms with E-state index < -0.39 is 0 Å². The first-order chi connectivity index (χ1) is 13.2. The van der Waals surface area contributed by atoms with E-state index in [4.69, 9.17) is 0 Å². The van der Waals surface area contributed by atoms with Crippen LogP contribution in [0.4, 0.5) is 0 Å². The summed E-state index contributed by atoms with van der Waals surface area (Å²) < 4.78 is 0. The molecule has 0 radical (unpaired) electrons. The third kappa shape index (κ3) is 5.78. The first kappa shape index (κ1) is 19.8. The molecular weight excluding hydrogens is 354 g/mol. The average molecular weight is 386 g/mol. The smallest absolute Gasteiger partial charge is 0.191 e. The van der Waals surface area contributed by atoms with Crippen LogP contribution in [0.5, 0.6) is 0 Å². The van der Waals surface area contributed by atoms with Crippen molar-refractivity contribution >= 4 is 17.3 Å². The number of rotatable bonds is 6. The quantitative estimate of drug-likeness (QED) is 0.591. The van der Waals surface area contributed by atoms with E-state index in [1.165, 1.54) is 10.4 Å². The van der Waals surface area contributed by atoms with E-state index in [0.29, 0.717) is 12.1 Å². The van der Waals surface area contributed by atoms with Gasteiger partial charge in [-0.05, 0) is 31.7 Å². The fraction of sp³-hybridized carbons (Fsp3) is 0.524. The van der Waals surface area contributed by atoms with Crippen molar-refractivity contribution in [2.75, 3.05) is 13.6 Å². The summed E-state index contributed by atoms with van der Waals surface area (Å²) in [5, 5.41) is 8.12. The molecule has 6 heteroatoms. The molecule has 1 aliphatic heterocycles. The number of aryl methyl sites for hydroxylation is 1. The molecule has 2 unspecified atom stereocenters. The van der Waals surface area contributed by atoms with Crippen LogP contribution in [0, 0.1) is 0 Å². The number of piperidine rings is 1. The van der Waals surface area contributed by atoms with E-state index in [-0.39, 0.29) is 0 Å². The van der Waals surface area contributed by atoms with Crippen LogP contribution in [0.1, 0.15) is 42.1 Å². The van der Waals surface area contributed by atoms with E-state index in [1.54, 1.807) is 11.3 Å². The summed E-state index contributed by atoms with van der Waals surface area (Å²) in [6.45, 7) is 7.36. The lowest BCUT2D eigenvalue weighted by molar-refractivity contribution is 0.134. The molecule has 1 aromatic carbocycles. The Bertz CT molecular complexity index is 727. The van der Waals surface area contributed by atoms with Gasteiger partial charge < -0.3 is 10.6 Å². The number of hydrogen-bond acceptors (Lipinski definition) is 4. The second-order valence-corrected chi connectivity index (χ2v) is 8.37. The van der Waals surface area contributed by atoms with Crippen molar-refractivity contribution in [1.82, 2.24) is 20.5 Å². The fourth-order valence-corrected chi connectivity index (χ4v) is 4.35.